The van der Waals surface area contributed by atoms with Gasteiger partial charge in [-0.25, -0.2) is 0 Å². The fourth-order valence-corrected chi connectivity index (χ4v) is 2.53. The van der Waals surface area contributed by atoms with E-state index < -0.39 is 6.10 Å². The molecular weight excluding hydrogens is 214 g/mol. The number of hydrogen-bond donors (Lipinski definition) is 2. The van der Waals surface area contributed by atoms with Gasteiger partial charge in [0.1, 0.15) is 5.75 Å². The Morgan fingerprint density at radius 1 is 1.29 bits per heavy atom. The molecule has 0 heterocycles. The number of aliphatic hydroxyl groups is 1. The highest BCUT2D eigenvalue weighted by molar-refractivity contribution is 5.45. The Labute approximate surface area is 103 Å². The van der Waals surface area contributed by atoms with Crippen molar-refractivity contribution < 1.29 is 9.84 Å². The van der Waals surface area contributed by atoms with E-state index in [9.17, 15) is 5.11 Å². The quantitative estimate of drug-likeness (QED) is 0.838. The van der Waals surface area contributed by atoms with Crippen LogP contribution < -0.4 is 10.5 Å². The van der Waals surface area contributed by atoms with Gasteiger partial charge in [0, 0.05) is 5.56 Å². The number of benzene rings is 1. The number of ether oxygens (including phenoxy) is 1. The van der Waals surface area contributed by atoms with Crippen LogP contribution in [0, 0.1) is 0 Å². The normalized spacial score (nSPS) is 16.4. The first-order valence-electron chi connectivity index (χ1n) is 6.34. The Balaban J connectivity index is 2.36. The fourth-order valence-electron chi connectivity index (χ4n) is 2.53. The van der Waals surface area contributed by atoms with Crippen molar-refractivity contribution in [1.29, 1.82) is 0 Å². The minimum atomic E-state index is -0.512. The Kier molecular flexibility index (Phi) is 4.02. The number of aliphatic hydroxyl groups excluding tert-OH is 1. The second-order valence-electron chi connectivity index (χ2n) is 4.66. The molecule has 0 spiro atoms. The van der Waals surface area contributed by atoms with Crippen molar-refractivity contribution in [2.75, 3.05) is 13.7 Å². The van der Waals surface area contributed by atoms with Gasteiger partial charge in [0.2, 0.25) is 0 Å². The minimum Gasteiger partial charge on any atom is -0.496 e. The molecule has 3 N–H and O–H groups in total. The summed E-state index contributed by atoms with van der Waals surface area (Å²) in [6.45, 7) is 0.488. The van der Waals surface area contributed by atoms with Crippen LogP contribution in [-0.4, -0.2) is 18.8 Å². The molecule has 1 aliphatic rings. The zero-order valence-corrected chi connectivity index (χ0v) is 10.4. The SMILES string of the molecule is COc1cc2c(cc1C(O)CCN)CCCC2. The van der Waals surface area contributed by atoms with Gasteiger partial charge >= 0.3 is 0 Å². The zero-order valence-electron chi connectivity index (χ0n) is 10.4. The van der Waals surface area contributed by atoms with E-state index in [1.54, 1.807) is 7.11 Å². The van der Waals surface area contributed by atoms with E-state index in [2.05, 4.69) is 12.1 Å². The van der Waals surface area contributed by atoms with E-state index in [4.69, 9.17) is 10.5 Å². The summed E-state index contributed by atoms with van der Waals surface area (Å²) < 4.78 is 5.38. The summed E-state index contributed by atoms with van der Waals surface area (Å²) in [6.07, 6.45) is 4.80. The lowest BCUT2D eigenvalue weighted by Crippen LogP contribution is -2.10. The predicted molar refractivity (Wildman–Crippen MR) is 68.3 cm³/mol. The number of methoxy groups -OCH3 is 1. The van der Waals surface area contributed by atoms with E-state index in [0.717, 1.165) is 24.2 Å². The van der Waals surface area contributed by atoms with E-state index in [1.165, 1.54) is 24.0 Å². The third-order valence-corrected chi connectivity index (χ3v) is 3.49. The fraction of sp³-hybridized carbons (Fsp3) is 0.571. The molecule has 0 amide bonds. The van der Waals surface area contributed by atoms with Crippen molar-refractivity contribution >= 4 is 0 Å². The first-order valence-corrected chi connectivity index (χ1v) is 6.34. The third kappa shape index (κ3) is 2.61. The third-order valence-electron chi connectivity index (χ3n) is 3.49. The van der Waals surface area contributed by atoms with Crippen LogP contribution in [0.5, 0.6) is 5.75 Å². The number of aryl methyl sites for hydroxylation is 2. The average molecular weight is 235 g/mol. The van der Waals surface area contributed by atoms with Crippen LogP contribution in [0.4, 0.5) is 0 Å². The minimum absolute atomic E-state index is 0.488. The van der Waals surface area contributed by atoms with E-state index in [-0.39, 0.29) is 0 Å². The maximum absolute atomic E-state index is 10.1. The van der Waals surface area contributed by atoms with E-state index in [0.29, 0.717) is 13.0 Å². The van der Waals surface area contributed by atoms with Crippen LogP contribution in [0.1, 0.15) is 42.1 Å². The van der Waals surface area contributed by atoms with Gasteiger partial charge in [-0.15, -0.1) is 0 Å². The van der Waals surface area contributed by atoms with Crippen LogP contribution >= 0.6 is 0 Å². The summed E-state index contributed by atoms with van der Waals surface area (Å²) in [4.78, 5) is 0. The molecule has 0 saturated carbocycles. The molecule has 0 saturated heterocycles. The Bertz CT molecular complexity index is 390. The predicted octanol–water partition coefficient (Wildman–Crippen LogP) is 1.96. The van der Waals surface area contributed by atoms with E-state index in [1.807, 2.05) is 0 Å². The van der Waals surface area contributed by atoms with Gasteiger partial charge in [0.25, 0.3) is 0 Å². The highest BCUT2D eigenvalue weighted by Gasteiger charge is 2.18. The maximum Gasteiger partial charge on any atom is 0.124 e. The van der Waals surface area contributed by atoms with Gasteiger partial charge in [-0.3, -0.25) is 0 Å². The van der Waals surface area contributed by atoms with Crippen molar-refractivity contribution in [3.63, 3.8) is 0 Å². The summed E-state index contributed by atoms with van der Waals surface area (Å²) in [5.74, 6) is 0.798. The number of rotatable bonds is 4. The summed E-state index contributed by atoms with van der Waals surface area (Å²) in [5.41, 5.74) is 9.12. The van der Waals surface area contributed by atoms with Gasteiger partial charge in [-0.1, -0.05) is 0 Å². The van der Waals surface area contributed by atoms with Crippen molar-refractivity contribution in [2.24, 2.45) is 5.73 Å². The molecule has 17 heavy (non-hydrogen) atoms. The molecule has 0 bridgehead atoms. The van der Waals surface area contributed by atoms with Gasteiger partial charge in [0.15, 0.2) is 0 Å². The standard InChI is InChI=1S/C14H21NO2/c1-17-14-9-11-5-3-2-4-10(11)8-12(14)13(16)6-7-15/h8-9,13,16H,2-7,15H2,1H3. The summed E-state index contributed by atoms with van der Waals surface area (Å²) in [6, 6.07) is 4.19. The molecule has 0 aliphatic heterocycles. The molecule has 3 nitrogen and oxygen atoms in total. The van der Waals surface area contributed by atoms with Crippen LogP contribution in [0.2, 0.25) is 0 Å². The van der Waals surface area contributed by atoms with Crippen LogP contribution in [0.25, 0.3) is 0 Å². The number of nitrogens with two attached hydrogens (primary N) is 1. The first-order chi connectivity index (χ1) is 8.26. The van der Waals surface area contributed by atoms with Crippen molar-refractivity contribution in [3.05, 3.63) is 28.8 Å². The molecule has 94 valence electrons. The summed E-state index contributed by atoms with van der Waals surface area (Å²) >= 11 is 0. The number of fused-ring (bicyclic) bond motifs is 1. The highest BCUT2D eigenvalue weighted by Crippen LogP contribution is 2.33. The Hall–Kier alpha value is -1.06. The summed E-state index contributed by atoms with van der Waals surface area (Å²) in [7, 11) is 1.66. The topological polar surface area (TPSA) is 55.5 Å². The smallest absolute Gasteiger partial charge is 0.124 e. The zero-order chi connectivity index (χ0) is 12.3. The van der Waals surface area contributed by atoms with E-state index >= 15 is 0 Å². The largest absolute Gasteiger partial charge is 0.496 e. The second-order valence-corrected chi connectivity index (χ2v) is 4.66. The monoisotopic (exact) mass is 235 g/mol. The van der Waals surface area contributed by atoms with Crippen molar-refractivity contribution in [1.82, 2.24) is 0 Å². The van der Waals surface area contributed by atoms with Gasteiger partial charge < -0.3 is 15.6 Å². The van der Waals surface area contributed by atoms with Crippen LogP contribution in [0.3, 0.4) is 0 Å². The highest BCUT2D eigenvalue weighted by atomic mass is 16.5. The lowest BCUT2D eigenvalue weighted by molar-refractivity contribution is 0.166. The van der Waals surface area contributed by atoms with Gasteiger partial charge in [-0.05, 0) is 61.9 Å². The van der Waals surface area contributed by atoms with Crippen molar-refractivity contribution in [3.8, 4) is 5.75 Å². The molecule has 1 aromatic carbocycles. The lowest BCUT2D eigenvalue weighted by Gasteiger charge is -2.21. The van der Waals surface area contributed by atoms with Gasteiger partial charge in [0.05, 0.1) is 13.2 Å². The molecule has 0 radical (unpaired) electrons. The molecule has 0 fully saturated rings. The molecule has 1 unspecified atom stereocenters. The number of hydrogen-bond acceptors (Lipinski definition) is 3. The molecule has 2 rings (SSSR count). The molecule has 1 aromatic rings. The lowest BCUT2D eigenvalue weighted by atomic mass is 9.88. The van der Waals surface area contributed by atoms with Crippen LogP contribution in [-0.2, 0) is 12.8 Å². The van der Waals surface area contributed by atoms with Crippen molar-refractivity contribution in [2.45, 2.75) is 38.2 Å². The molecule has 1 aliphatic carbocycles. The Morgan fingerprint density at radius 2 is 1.94 bits per heavy atom. The molecule has 1 atom stereocenters. The average Bonchev–Trinajstić information content (AvgIpc) is 2.37. The second kappa shape index (κ2) is 5.52. The van der Waals surface area contributed by atoms with Crippen LogP contribution in [0.15, 0.2) is 12.1 Å². The molecule has 0 aromatic heterocycles. The Morgan fingerprint density at radius 3 is 2.53 bits per heavy atom. The molecular formula is C14H21NO2. The van der Waals surface area contributed by atoms with Gasteiger partial charge in [-0.2, -0.15) is 0 Å². The molecule has 3 heteroatoms. The maximum atomic E-state index is 10.1. The summed E-state index contributed by atoms with van der Waals surface area (Å²) in [5, 5.41) is 10.1. The first kappa shape index (κ1) is 12.4.